The average Bonchev–Trinajstić information content (AvgIpc) is 3.67. The van der Waals surface area contributed by atoms with E-state index in [9.17, 15) is 0 Å². The highest BCUT2D eigenvalue weighted by molar-refractivity contribution is 7.26. The molecule has 0 spiro atoms. The van der Waals surface area contributed by atoms with Crippen molar-refractivity contribution in [3.63, 3.8) is 0 Å². The number of nitrogens with zero attached hydrogens (tertiary/aromatic N) is 3. The highest BCUT2D eigenvalue weighted by Crippen LogP contribution is 2.49. The molecule has 0 radical (unpaired) electrons. The summed E-state index contributed by atoms with van der Waals surface area (Å²) in [7, 11) is 0. The van der Waals surface area contributed by atoms with Gasteiger partial charge in [0.05, 0.1) is 22.6 Å². The third-order valence-corrected chi connectivity index (χ3v) is 11.5. The Morgan fingerprint density at radius 1 is 0.480 bits per heavy atom. The van der Waals surface area contributed by atoms with Crippen molar-refractivity contribution in [2.45, 2.75) is 19.3 Å². The molecule has 0 bridgehead atoms. The Morgan fingerprint density at radius 2 is 1.16 bits per heavy atom. The third kappa shape index (κ3) is 4.45. The quantitative estimate of drug-likeness (QED) is 0.189. The summed E-state index contributed by atoms with van der Waals surface area (Å²) in [5.74, 6) is 0.719. The van der Waals surface area contributed by atoms with Gasteiger partial charge < -0.3 is 0 Å². The van der Waals surface area contributed by atoms with Gasteiger partial charge in [0, 0.05) is 53.2 Å². The molecule has 50 heavy (non-hydrogen) atoms. The normalized spacial score (nSPS) is 13.2. The van der Waals surface area contributed by atoms with Crippen LogP contribution in [0.15, 0.2) is 152 Å². The molecule has 0 saturated heterocycles. The lowest BCUT2D eigenvalue weighted by Gasteiger charge is -2.21. The topological polar surface area (TPSA) is 38.7 Å². The lowest BCUT2D eigenvalue weighted by Crippen LogP contribution is -2.15. The Bertz CT molecular complexity index is 2790. The predicted octanol–water partition coefficient (Wildman–Crippen LogP) is 12.4. The van der Waals surface area contributed by atoms with E-state index < -0.39 is 0 Å². The summed E-state index contributed by atoms with van der Waals surface area (Å²) in [5, 5.41) is 3.64. The molecule has 0 N–H and O–H groups in total. The standard InChI is InChI=1S/C46H31N3S/c1-46(2)36-20-9-6-17-32(36)33-24-23-31(26-37(33)46)45-48-39(28-13-4-3-5-14-28)27-40(49-45)29-15-12-16-30(25-29)43-42-35-19-8-11-22-41(35)50-44(42)34-18-7-10-21-38(34)47-43/h3-27H,1-2H3. The summed E-state index contributed by atoms with van der Waals surface area (Å²) in [6.45, 7) is 4.63. The van der Waals surface area contributed by atoms with Gasteiger partial charge in [-0.15, -0.1) is 11.3 Å². The van der Waals surface area contributed by atoms with Gasteiger partial charge >= 0.3 is 0 Å². The summed E-state index contributed by atoms with van der Waals surface area (Å²) in [6.07, 6.45) is 0. The zero-order chi connectivity index (χ0) is 33.4. The SMILES string of the molecule is CC1(C)c2ccccc2-c2ccc(-c3nc(-c4ccccc4)cc(-c4cccc(-c5nc6ccccc6c6sc7ccccc7c56)c4)n3)cc21. The molecule has 236 valence electrons. The smallest absolute Gasteiger partial charge is 0.160 e. The molecule has 0 atom stereocenters. The first kappa shape index (κ1) is 29.0. The largest absolute Gasteiger partial charge is 0.247 e. The van der Waals surface area contributed by atoms with Gasteiger partial charge in [0.25, 0.3) is 0 Å². The van der Waals surface area contributed by atoms with Crippen molar-refractivity contribution >= 4 is 42.4 Å². The van der Waals surface area contributed by atoms with Crippen LogP contribution in [-0.4, -0.2) is 15.0 Å². The van der Waals surface area contributed by atoms with Gasteiger partial charge in [-0.3, -0.25) is 0 Å². The number of para-hydroxylation sites is 1. The van der Waals surface area contributed by atoms with Crippen molar-refractivity contribution in [1.29, 1.82) is 0 Å². The number of hydrogen-bond acceptors (Lipinski definition) is 4. The van der Waals surface area contributed by atoms with E-state index in [1.807, 2.05) is 17.4 Å². The summed E-state index contributed by atoms with van der Waals surface area (Å²) in [6, 6.07) is 53.8. The van der Waals surface area contributed by atoms with Crippen LogP contribution in [0.5, 0.6) is 0 Å². The maximum atomic E-state index is 5.30. The molecule has 10 rings (SSSR count). The van der Waals surface area contributed by atoms with Gasteiger partial charge in [-0.25, -0.2) is 15.0 Å². The van der Waals surface area contributed by atoms with E-state index in [2.05, 4.69) is 159 Å². The Kier molecular flexibility index (Phi) is 6.39. The zero-order valence-electron chi connectivity index (χ0n) is 27.7. The number of fused-ring (bicyclic) bond motifs is 8. The van der Waals surface area contributed by atoms with E-state index in [1.165, 1.54) is 47.8 Å². The van der Waals surface area contributed by atoms with Gasteiger partial charge in [0.1, 0.15) is 0 Å². The second-order valence-electron chi connectivity index (χ2n) is 13.6. The van der Waals surface area contributed by atoms with Crippen LogP contribution < -0.4 is 0 Å². The van der Waals surface area contributed by atoms with Crippen LogP contribution in [0.25, 0.3) is 87.4 Å². The highest BCUT2D eigenvalue weighted by Gasteiger charge is 2.35. The first-order valence-electron chi connectivity index (χ1n) is 17.0. The molecule has 3 nitrogen and oxygen atoms in total. The minimum absolute atomic E-state index is 0.111. The van der Waals surface area contributed by atoms with Crippen LogP contribution in [-0.2, 0) is 5.41 Å². The molecule has 0 fully saturated rings. The van der Waals surface area contributed by atoms with Crippen LogP contribution in [0.2, 0.25) is 0 Å². The number of benzene rings is 6. The van der Waals surface area contributed by atoms with E-state index in [-0.39, 0.29) is 5.41 Å². The fourth-order valence-electron chi connectivity index (χ4n) is 7.77. The molecule has 0 saturated carbocycles. The molecule has 0 unspecified atom stereocenters. The van der Waals surface area contributed by atoms with Gasteiger partial charge in [0.2, 0.25) is 0 Å². The Balaban J connectivity index is 1.16. The van der Waals surface area contributed by atoms with Crippen LogP contribution in [0.4, 0.5) is 0 Å². The van der Waals surface area contributed by atoms with Gasteiger partial charge in [0.15, 0.2) is 5.82 Å². The molecule has 0 amide bonds. The van der Waals surface area contributed by atoms with Crippen molar-refractivity contribution in [1.82, 2.24) is 15.0 Å². The fraction of sp³-hybridized carbons (Fsp3) is 0.0652. The monoisotopic (exact) mass is 657 g/mol. The molecule has 3 aromatic heterocycles. The summed E-state index contributed by atoms with van der Waals surface area (Å²) < 4.78 is 2.54. The molecule has 3 heterocycles. The first-order valence-corrected chi connectivity index (χ1v) is 17.8. The molecular formula is C46H31N3S. The highest BCUT2D eigenvalue weighted by atomic mass is 32.1. The van der Waals surface area contributed by atoms with Crippen LogP contribution >= 0.6 is 11.3 Å². The third-order valence-electron chi connectivity index (χ3n) is 10.3. The minimum Gasteiger partial charge on any atom is -0.247 e. The number of pyridine rings is 1. The number of aromatic nitrogens is 3. The molecule has 4 heteroatoms. The Hall–Kier alpha value is -5.97. The summed E-state index contributed by atoms with van der Waals surface area (Å²) in [4.78, 5) is 15.8. The molecule has 1 aliphatic carbocycles. The molecule has 0 aliphatic heterocycles. The molecule has 1 aliphatic rings. The van der Waals surface area contributed by atoms with Crippen molar-refractivity contribution in [3.05, 3.63) is 163 Å². The zero-order valence-corrected chi connectivity index (χ0v) is 28.5. The van der Waals surface area contributed by atoms with E-state index in [0.29, 0.717) is 0 Å². The average molecular weight is 658 g/mol. The van der Waals surface area contributed by atoms with E-state index >= 15 is 0 Å². The summed E-state index contributed by atoms with van der Waals surface area (Å²) in [5.41, 5.74) is 13.1. The number of hydrogen-bond donors (Lipinski definition) is 0. The minimum atomic E-state index is -0.111. The van der Waals surface area contributed by atoms with E-state index in [4.69, 9.17) is 15.0 Å². The van der Waals surface area contributed by atoms with Crippen molar-refractivity contribution in [2.75, 3.05) is 0 Å². The van der Waals surface area contributed by atoms with Gasteiger partial charge in [-0.05, 0) is 52.6 Å². The predicted molar refractivity (Wildman–Crippen MR) is 210 cm³/mol. The molecule has 6 aromatic carbocycles. The maximum Gasteiger partial charge on any atom is 0.160 e. The van der Waals surface area contributed by atoms with E-state index in [1.54, 1.807) is 0 Å². The van der Waals surface area contributed by atoms with Crippen LogP contribution in [0, 0.1) is 0 Å². The second kappa shape index (κ2) is 11.0. The maximum absolute atomic E-state index is 5.30. The van der Waals surface area contributed by atoms with Crippen molar-refractivity contribution < 1.29 is 0 Å². The van der Waals surface area contributed by atoms with Crippen LogP contribution in [0.1, 0.15) is 25.0 Å². The number of rotatable bonds is 4. The van der Waals surface area contributed by atoms with Gasteiger partial charge in [-0.2, -0.15) is 0 Å². The van der Waals surface area contributed by atoms with E-state index in [0.717, 1.165) is 50.7 Å². The Labute approximate surface area is 294 Å². The molecule has 9 aromatic rings. The fourth-order valence-corrected chi connectivity index (χ4v) is 9.01. The number of thiophene rings is 1. The lowest BCUT2D eigenvalue weighted by atomic mass is 9.82. The van der Waals surface area contributed by atoms with Gasteiger partial charge in [-0.1, -0.05) is 135 Å². The second-order valence-corrected chi connectivity index (χ2v) is 14.7. The van der Waals surface area contributed by atoms with Crippen molar-refractivity contribution in [2.24, 2.45) is 0 Å². The first-order chi connectivity index (χ1) is 24.5. The molecular weight excluding hydrogens is 627 g/mol. The summed E-state index contributed by atoms with van der Waals surface area (Å²) >= 11 is 1.84. The lowest BCUT2D eigenvalue weighted by molar-refractivity contribution is 0.660. The van der Waals surface area contributed by atoms with Crippen molar-refractivity contribution in [3.8, 4) is 56.3 Å². The Morgan fingerprint density at radius 3 is 2.04 bits per heavy atom. The van der Waals surface area contributed by atoms with Crippen LogP contribution in [0.3, 0.4) is 0 Å².